The average molecular weight is 799 g/mol. The van der Waals surface area contributed by atoms with Gasteiger partial charge in [-0.1, -0.05) is 128 Å². The molecular formula is C55H51BN2OS. The SMILES string of the molecule is Cc1cc(-c2cc3sc4cc(C(C)(C)C)ccc4c3cc2Nc2ccc(C(C)(C)C)cc2)c2c3c1c1cc4oc5ccccc5c4cc1n3-c1ccc(C(C)(C)C)cc1B2. The minimum atomic E-state index is 0.0278. The number of thiophene rings is 1. The lowest BCUT2D eigenvalue weighted by molar-refractivity contribution is 0.590. The second-order valence-corrected chi connectivity index (χ2v) is 21.5. The monoisotopic (exact) mass is 798 g/mol. The molecule has 4 heterocycles. The summed E-state index contributed by atoms with van der Waals surface area (Å²) < 4.78 is 11.7. The van der Waals surface area contributed by atoms with Gasteiger partial charge in [0.1, 0.15) is 11.2 Å². The van der Waals surface area contributed by atoms with Gasteiger partial charge in [-0.15, -0.1) is 11.3 Å². The minimum absolute atomic E-state index is 0.0278. The highest BCUT2D eigenvalue weighted by atomic mass is 32.1. The summed E-state index contributed by atoms with van der Waals surface area (Å²) in [5.41, 5.74) is 18.6. The Kier molecular flexibility index (Phi) is 7.84. The molecule has 0 unspecified atom stereocenters. The predicted octanol–water partition coefficient (Wildman–Crippen LogP) is 14.4. The Balaban J connectivity index is 1.22. The van der Waals surface area contributed by atoms with E-state index in [4.69, 9.17) is 4.42 Å². The van der Waals surface area contributed by atoms with E-state index in [9.17, 15) is 0 Å². The van der Waals surface area contributed by atoms with Crippen molar-refractivity contribution in [3.63, 3.8) is 0 Å². The van der Waals surface area contributed by atoms with Gasteiger partial charge in [-0.05, 0) is 111 Å². The molecule has 11 rings (SSSR count). The molecule has 0 amide bonds. The van der Waals surface area contributed by atoms with Crippen LogP contribution in [0.2, 0.25) is 0 Å². The summed E-state index contributed by atoms with van der Waals surface area (Å²) in [6.07, 6.45) is 0. The Labute approximate surface area is 357 Å². The summed E-state index contributed by atoms with van der Waals surface area (Å²) in [6, 6.07) is 43.8. The third kappa shape index (κ3) is 5.69. The van der Waals surface area contributed by atoms with Gasteiger partial charge in [0, 0.05) is 69.9 Å². The van der Waals surface area contributed by atoms with Crippen LogP contribution >= 0.6 is 11.3 Å². The lowest BCUT2D eigenvalue weighted by Gasteiger charge is -2.27. The average Bonchev–Trinajstić information content (AvgIpc) is 3.86. The highest BCUT2D eigenvalue weighted by Gasteiger charge is 2.30. The van der Waals surface area contributed by atoms with Crippen LogP contribution in [0.15, 0.2) is 120 Å². The van der Waals surface area contributed by atoms with E-state index in [2.05, 4.69) is 194 Å². The number of rotatable bonds is 3. The summed E-state index contributed by atoms with van der Waals surface area (Å²) in [7, 11) is 0.847. The highest BCUT2D eigenvalue weighted by Crippen LogP contribution is 2.46. The maximum absolute atomic E-state index is 6.53. The number of aromatic nitrogens is 1. The predicted molar refractivity (Wildman–Crippen MR) is 263 cm³/mol. The van der Waals surface area contributed by atoms with Crippen molar-refractivity contribution in [1.82, 2.24) is 4.57 Å². The molecule has 1 N–H and O–H groups in total. The van der Waals surface area contributed by atoms with Gasteiger partial charge in [-0.2, -0.15) is 0 Å². The fourth-order valence-corrected chi connectivity index (χ4v) is 11.0. The molecule has 0 spiro atoms. The zero-order chi connectivity index (χ0) is 41.6. The van der Waals surface area contributed by atoms with Gasteiger partial charge in [-0.3, -0.25) is 0 Å². The normalized spacial score (nSPS) is 13.3. The molecule has 0 saturated carbocycles. The van der Waals surface area contributed by atoms with Crippen molar-refractivity contribution in [2.45, 2.75) is 85.5 Å². The molecule has 296 valence electrons. The number of hydrogen-bond acceptors (Lipinski definition) is 3. The van der Waals surface area contributed by atoms with Crippen molar-refractivity contribution in [2.24, 2.45) is 0 Å². The zero-order valence-electron chi connectivity index (χ0n) is 36.4. The van der Waals surface area contributed by atoms with Crippen molar-refractivity contribution in [1.29, 1.82) is 0 Å². The summed E-state index contributed by atoms with van der Waals surface area (Å²) in [5.74, 6) is 0. The molecule has 5 heteroatoms. The Morgan fingerprint density at radius 3 is 2.00 bits per heavy atom. The number of nitrogens with one attached hydrogen (secondary N) is 1. The number of nitrogens with zero attached hydrogens (tertiary/aromatic N) is 1. The minimum Gasteiger partial charge on any atom is -0.456 e. The van der Waals surface area contributed by atoms with Crippen LogP contribution in [0.25, 0.3) is 80.7 Å². The number of anilines is 2. The maximum Gasteiger partial charge on any atom is 0.198 e. The number of furan rings is 1. The largest absolute Gasteiger partial charge is 0.456 e. The number of benzene rings is 7. The maximum atomic E-state index is 6.53. The van der Waals surface area contributed by atoms with Crippen molar-refractivity contribution < 1.29 is 4.42 Å². The number of fused-ring (bicyclic) bond motifs is 11. The fraction of sp³-hybridized carbons (Fsp3) is 0.236. The Hall–Kier alpha value is -5.78. The molecule has 1 aliphatic rings. The smallest absolute Gasteiger partial charge is 0.198 e. The van der Waals surface area contributed by atoms with Crippen LogP contribution in [0.3, 0.4) is 0 Å². The molecule has 0 atom stereocenters. The third-order valence-corrected chi connectivity index (χ3v) is 14.3. The molecule has 7 aromatic carbocycles. The van der Waals surface area contributed by atoms with Crippen LogP contribution in [-0.2, 0) is 16.2 Å². The van der Waals surface area contributed by atoms with Crippen LogP contribution < -0.4 is 16.2 Å². The number of aryl methyl sites for hydroxylation is 1. The van der Waals surface area contributed by atoms with E-state index < -0.39 is 0 Å². The third-order valence-electron chi connectivity index (χ3n) is 13.2. The summed E-state index contributed by atoms with van der Waals surface area (Å²) in [4.78, 5) is 0. The van der Waals surface area contributed by atoms with Gasteiger partial charge >= 0.3 is 0 Å². The quantitative estimate of drug-likeness (QED) is 0.180. The molecule has 0 aliphatic carbocycles. The second-order valence-electron chi connectivity index (χ2n) is 20.4. The van der Waals surface area contributed by atoms with E-state index in [1.165, 1.54) is 92.0 Å². The van der Waals surface area contributed by atoms with Crippen LogP contribution in [-0.4, -0.2) is 11.8 Å². The highest BCUT2D eigenvalue weighted by molar-refractivity contribution is 7.25. The van der Waals surface area contributed by atoms with Crippen LogP contribution in [0.5, 0.6) is 0 Å². The Morgan fingerprint density at radius 1 is 0.567 bits per heavy atom. The molecule has 0 fully saturated rings. The van der Waals surface area contributed by atoms with Crippen molar-refractivity contribution in [3.05, 3.63) is 138 Å². The molecule has 60 heavy (non-hydrogen) atoms. The topological polar surface area (TPSA) is 30.1 Å². The summed E-state index contributed by atoms with van der Waals surface area (Å²) >= 11 is 1.92. The molecule has 3 aromatic heterocycles. The van der Waals surface area contributed by atoms with Crippen molar-refractivity contribution >= 4 is 105 Å². The zero-order valence-corrected chi connectivity index (χ0v) is 37.3. The number of para-hydroxylation sites is 1. The first-order chi connectivity index (χ1) is 28.5. The van der Waals surface area contributed by atoms with E-state index in [1.807, 2.05) is 11.3 Å². The van der Waals surface area contributed by atoms with Gasteiger partial charge in [0.05, 0.1) is 5.52 Å². The summed E-state index contributed by atoms with van der Waals surface area (Å²) in [6.45, 7) is 23.0. The van der Waals surface area contributed by atoms with Crippen molar-refractivity contribution in [3.8, 4) is 16.8 Å². The Morgan fingerprint density at radius 2 is 1.25 bits per heavy atom. The van der Waals surface area contributed by atoms with E-state index in [-0.39, 0.29) is 16.2 Å². The molecular weight excluding hydrogens is 747 g/mol. The van der Waals surface area contributed by atoms with Crippen LogP contribution in [0.4, 0.5) is 11.4 Å². The van der Waals surface area contributed by atoms with E-state index in [0.29, 0.717) is 0 Å². The molecule has 0 bridgehead atoms. The first kappa shape index (κ1) is 37.2. The molecule has 0 radical (unpaired) electrons. The van der Waals surface area contributed by atoms with Gasteiger partial charge in [-0.25, -0.2) is 0 Å². The van der Waals surface area contributed by atoms with E-state index in [0.717, 1.165) is 40.6 Å². The standard InChI is InChI=1S/C55H51BN2OS/c1-30-23-40(37-29-49-39(36-21-17-33(55(8,9)10)25-48(36)60-49)26-43(37)57-34-19-15-31(16-20-34)53(2,3)4)51-52-50(30)41-28-47-38(35-13-11-12-14-46(35)59-47)27-45(41)58(52)44-22-18-32(54(5,6)7)24-42(44)56-51/h11-29,56-57H,1-10H3. The van der Waals surface area contributed by atoms with Crippen molar-refractivity contribution in [2.75, 3.05) is 5.32 Å². The molecule has 3 nitrogen and oxygen atoms in total. The number of hydrogen-bond donors (Lipinski definition) is 1. The lowest BCUT2D eigenvalue weighted by atomic mass is 9.58. The molecule has 0 saturated heterocycles. The van der Waals surface area contributed by atoms with Crippen LogP contribution in [0, 0.1) is 6.92 Å². The van der Waals surface area contributed by atoms with Gasteiger partial charge in [0.15, 0.2) is 7.28 Å². The lowest BCUT2D eigenvalue weighted by Crippen LogP contribution is -2.38. The molecule has 1 aliphatic heterocycles. The Bertz CT molecular complexity index is 3430. The van der Waals surface area contributed by atoms with Gasteiger partial charge in [0.2, 0.25) is 0 Å². The van der Waals surface area contributed by atoms with E-state index >= 15 is 0 Å². The van der Waals surface area contributed by atoms with E-state index in [1.54, 1.807) is 0 Å². The first-order valence-corrected chi connectivity index (χ1v) is 22.3. The second kappa shape index (κ2) is 12.6. The first-order valence-electron chi connectivity index (χ1n) is 21.5. The van der Waals surface area contributed by atoms with Gasteiger partial charge < -0.3 is 14.3 Å². The summed E-state index contributed by atoms with van der Waals surface area (Å²) in [5, 5.41) is 11.4. The molecule has 10 aromatic rings. The van der Waals surface area contributed by atoms with Crippen LogP contribution in [0.1, 0.15) is 84.6 Å². The van der Waals surface area contributed by atoms with Gasteiger partial charge in [0.25, 0.3) is 0 Å². The fourth-order valence-electron chi connectivity index (χ4n) is 9.79.